The van der Waals surface area contributed by atoms with E-state index in [0.29, 0.717) is 0 Å². The van der Waals surface area contributed by atoms with Gasteiger partial charge in [-0.2, -0.15) is 0 Å². The summed E-state index contributed by atoms with van der Waals surface area (Å²) in [5.41, 5.74) is 7.59. The molecule has 2 N–H and O–H groups in total. The van der Waals surface area contributed by atoms with E-state index < -0.39 is 0 Å². The highest BCUT2D eigenvalue weighted by Gasteiger charge is 2.34. The van der Waals surface area contributed by atoms with Crippen LogP contribution in [0.4, 0.5) is 0 Å². The van der Waals surface area contributed by atoms with Gasteiger partial charge in [0, 0.05) is 29.9 Å². The summed E-state index contributed by atoms with van der Waals surface area (Å²) in [6.07, 6.45) is 3.73. The molecule has 0 radical (unpaired) electrons. The Hall–Kier alpha value is -0.930. The lowest BCUT2D eigenvalue weighted by Crippen LogP contribution is -2.58. The van der Waals surface area contributed by atoms with Crippen LogP contribution < -0.4 is 5.73 Å². The summed E-state index contributed by atoms with van der Waals surface area (Å²) in [6, 6.07) is 6.13. The second kappa shape index (κ2) is 6.86. The topological polar surface area (TPSA) is 42.1 Å². The normalized spacial score (nSPS) is 16.6. The van der Waals surface area contributed by atoms with Crippen LogP contribution in [0, 0.1) is 0 Å². The number of hydrogen-bond acceptors (Lipinski definition) is 3. The van der Waals surface area contributed by atoms with Crippen molar-refractivity contribution < 1.29 is 0 Å². The molecule has 3 nitrogen and oxygen atoms in total. The molecule has 0 aliphatic carbocycles. The lowest BCUT2D eigenvalue weighted by molar-refractivity contribution is 0.0842. The first-order chi connectivity index (χ1) is 8.58. The summed E-state index contributed by atoms with van der Waals surface area (Å²) >= 11 is 0. The zero-order valence-electron chi connectivity index (χ0n) is 12.2. The fraction of sp³-hybridized carbons (Fsp3) is 0.667. The average Bonchev–Trinajstić information content (AvgIpc) is 2.40. The molecular weight excluding hydrogens is 222 g/mol. The first kappa shape index (κ1) is 15.1. The minimum Gasteiger partial charge on any atom is -0.326 e. The van der Waals surface area contributed by atoms with Crippen LogP contribution in [0.15, 0.2) is 24.4 Å². The van der Waals surface area contributed by atoms with E-state index in [2.05, 4.69) is 43.6 Å². The number of nitrogens with zero attached hydrogens (tertiary/aromatic N) is 2. The van der Waals surface area contributed by atoms with E-state index in [4.69, 9.17) is 5.73 Å². The third-order valence-electron chi connectivity index (χ3n) is 4.16. The summed E-state index contributed by atoms with van der Waals surface area (Å²) in [7, 11) is 0. The van der Waals surface area contributed by atoms with Crippen LogP contribution in [0.1, 0.15) is 39.8 Å². The van der Waals surface area contributed by atoms with Crippen molar-refractivity contribution in [3.05, 3.63) is 30.1 Å². The molecular formula is C15H27N3. The van der Waals surface area contributed by atoms with Gasteiger partial charge in [-0.15, -0.1) is 0 Å². The Morgan fingerprint density at radius 2 is 1.94 bits per heavy atom. The molecule has 0 spiro atoms. The van der Waals surface area contributed by atoms with E-state index in [1.165, 1.54) is 0 Å². The Morgan fingerprint density at radius 3 is 2.39 bits per heavy atom. The van der Waals surface area contributed by atoms with Crippen LogP contribution in [-0.2, 0) is 6.42 Å². The first-order valence-corrected chi connectivity index (χ1v) is 6.99. The predicted molar refractivity (Wildman–Crippen MR) is 77.5 cm³/mol. The van der Waals surface area contributed by atoms with Crippen molar-refractivity contribution in [1.29, 1.82) is 0 Å². The van der Waals surface area contributed by atoms with E-state index >= 15 is 0 Å². The van der Waals surface area contributed by atoms with Gasteiger partial charge < -0.3 is 5.73 Å². The molecule has 3 heteroatoms. The maximum absolute atomic E-state index is 6.47. The molecule has 102 valence electrons. The highest BCUT2D eigenvalue weighted by Crippen LogP contribution is 2.24. The van der Waals surface area contributed by atoms with Crippen LogP contribution in [0.2, 0.25) is 0 Å². The maximum atomic E-state index is 6.47. The minimum atomic E-state index is 0.0427. The molecule has 0 aromatic carbocycles. The molecule has 0 aliphatic heterocycles. The van der Waals surface area contributed by atoms with E-state index in [1.54, 1.807) is 0 Å². The fourth-order valence-electron chi connectivity index (χ4n) is 2.63. The van der Waals surface area contributed by atoms with Crippen molar-refractivity contribution in [2.75, 3.05) is 13.1 Å². The van der Waals surface area contributed by atoms with Gasteiger partial charge in [-0.25, -0.2) is 0 Å². The van der Waals surface area contributed by atoms with E-state index in [1.807, 2.05) is 18.3 Å². The number of nitrogens with two attached hydrogens (primary N) is 1. The molecule has 0 saturated carbocycles. The summed E-state index contributed by atoms with van der Waals surface area (Å²) < 4.78 is 0. The van der Waals surface area contributed by atoms with Gasteiger partial charge in [0.1, 0.15) is 0 Å². The predicted octanol–water partition coefficient (Wildman–Crippen LogP) is 2.46. The summed E-state index contributed by atoms with van der Waals surface area (Å²) in [5, 5.41) is 0. The van der Waals surface area contributed by atoms with Gasteiger partial charge in [-0.05, 0) is 38.6 Å². The molecule has 0 fully saturated rings. The lowest BCUT2D eigenvalue weighted by Gasteiger charge is -2.44. The van der Waals surface area contributed by atoms with Crippen molar-refractivity contribution in [3.63, 3.8) is 0 Å². The molecule has 18 heavy (non-hydrogen) atoms. The van der Waals surface area contributed by atoms with Crippen molar-refractivity contribution in [2.24, 2.45) is 5.73 Å². The standard InChI is InChI=1S/C15H27N3/c1-5-15(4,18(6-2)7-3)14(16)12-13-10-8-9-11-17-13/h8-11,14H,5-7,12,16H2,1-4H3. The zero-order chi connectivity index (χ0) is 13.6. The van der Waals surface area contributed by atoms with Gasteiger partial charge in [-0.3, -0.25) is 9.88 Å². The van der Waals surface area contributed by atoms with E-state index in [0.717, 1.165) is 31.6 Å². The molecule has 0 saturated heterocycles. The average molecular weight is 249 g/mol. The maximum Gasteiger partial charge on any atom is 0.0419 e. The number of likely N-dealkylation sites (N-methyl/N-ethyl adjacent to an activating group) is 1. The largest absolute Gasteiger partial charge is 0.326 e. The second-order valence-electron chi connectivity index (χ2n) is 5.01. The SMILES string of the molecule is CCN(CC)C(C)(CC)C(N)Cc1ccccn1. The first-order valence-electron chi connectivity index (χ1n) is 6.99. The Kier molecular flexibility index (Phi) is 5.76. The molecule has 0 amide bonds. The molecule has 0 bridgehead atoms. The van der Waals surface area contributed by atoms with Gasteiger partial charge in [0.15, 0.2) is 0 Å². The van der Waals surface area contributed by atoms with Gasteiger partial charge in [0.25, 0.3) is 0 Å². The van der Waals surface area contributed by atoms with E-state index in [-0.39, 0.29) is 11.6 Å². The Bertz CT molecular complexity index is 335. The molecule has 1 rings (SSSR count). The number of rotatable bonds is 7. The van der Waals surface area contributed by atoms with Gasteiger partial charge >= 0.3 is 0 Å². The van der Waals surface area contributed by atoms with Crippen LogP contribution in [0.3, 0.4) is 0 Å². The number of pyridine rings is 1. The number of aromatic nitrogens is 1. The van der Waals surface area contributed by atoms with Gasteiger partial charge in [-0.1, -0.05) is 26.8 Å². The zero-order valence-corrected chi connectivity index (χ0v) is 12.2. The Labute approximate surface area is 111 Å². The van der Waals surface area contributed by atoms with Gasteiger partial charge in [0.2, 0.25) is 0 Å². The highest BCUT2D eigenvalue weighted by molar-refractivity contribution is 5.08. The second-order valence-corrected chi connectivity index (χ2v) is 5.01. The molecule has 2 unspecified atom stereocenters. The van der Waals surface area contributed by atoms with Crippen LogP contribution in [0.25, 0.3) is 0 Å². The summed E-state index contributed by atoms with van der Waals surface area (Å²) in [4.78, 5) is 6.84. The minimum absolute atomic E-state index is 0.0427. The van der Waals surface area contributed by atoms with E-state index in [9.17, 15) is 0 Å². The molecule has 1 heterocycles. The molecule has 1 aromatic rings. The van der Waals surface area contributed by atoms with Crippen molar-refractivity contribution in [3.8, 4) is 0 Å². The quantitative estimate of drug-likeness (QED) is 0.807. The molecule has 0 aliphatic rings. The molecule has 1 aromatic heterocycles. The van der Waals surface area contributed by atoms with Crippen LogP contribution in [0.5, 0.6) is 0 Å². The monoisotopic (exact) mass is 249 g/mol. The van der Waals surface area contributed by atoms with Crippen LogP contribution in [-0.4, -0.2) is 34.6 Å². The smallest absolute Gasteiger partial charge is 0.0419 e. The Balaban J connectivity index is 2.81. The van der Waals surface area contributed by atoms with Crippen molar-refractivity contribution >= 4 is 0 Å². The van der Waals surface area contributed by atoms with Crippen molar-refractivity contribution in [2.45, 2.75) is 52.1 Å². The number of hydrogen-bond donors (Lipinski definition) is 1. The van der Waals surface area contributed by atoms with Gasteiger partial charge in [0.05, 0.1) is 0 Å². The summed E-state index contributed by atoms with van der Waals surface area (Å²) in [6.45, 7) is 11.0. The van der Waals surface area contributed by atoms with Crippen LogP contribution >= 0.6 is 0 Å². The third kappa shape index (κ3) is 3.30. The molecule has 2 atom stereocenters. The Morgan fingerprint density at radius 1 is 1.28 bits per heavy atom. The highest BCUT2D eigenvalue weighted by atomic mass is 15.2. The lowest BCUT2D eigenvalue weighted by atomic mass is 9.85. The van der Waals surface area contributed by atoms with Crippen molar-refractivity contribution in [1.82, 2.24) is 9.88 Å². The third-order valence-corrected chi connectivity index (χ3v) is 4.16. The fourth-order valence-corrected chi connectivity index (χ4v) is 2.63. The summed E-state index contributed by atoms with van der Waals surface area (Å²) in [5.74, 6) is 0.